The van der Waals surface area contributed by atoms with E-state index in [9.17, 15) is 9.59 Å². The zero-order valence-corrected chi connectivity index (χ0v) is 17.7. The first-order valence-corrected chi connectivity index (χ1v) is 9.94. The van der Waals surface area contributed by atoms with Crippen molar-refractivity contribution in [2.45, 2.75) is 26.7 Å². The number of hydrogen-bond donors (Lipinski definition) is 2. The zero-order chi connectivity index (χ0) is 22.7. The smallest absolute Gasteiger partial charge is 0.410 e. The minimum atomic E-state index is -0.764. The topological polar surface area (TPSA) is 128 Å². The Bertz CT molecular complexity index is 1310. The van der Waals surface area contributed by atoms with Crippen LogP contribution in [0, 0.1) is 6.92 Å². The Balaban J connectivity index is 1.71. The van der Waals surface area contributed by atoms with Crippen LogP contribution in [-0.2, 0) is 0 Å². The predicted molar refractivity (Wildman–Crippen MR) is 118 cm³/mol. The fourth-order valence-corrected chi connectivity index (χ4v) is 3.10. The van der Waals surface area contributed by atoms with Crippen molar-refractivity contribution in [1.82, 2.24) is 30.2 Å². The number of aromatic amines is 1. The number of ether oxygens (including phenoxy) is 1. The third-order valence-corrected chi connectivity index (χ3v) is 4.65. The van der Waals surface area contributed by atoms with E-state index in [1.165, 1.54) is 12.3 Å². The number of anilines is 1. The van der Waals surface area contributed by atoms with Gasteiger partial charge in [0.15, 0.2) is 5.82 Å². The average molecular weight is 431 g/mol. The van der Waals surface area contributed by atoms with Crippen molar-refractivity contribution in [2.75, 3.05) is 5.32 Å². The van der Waals surface area contributed by atoms with Gasteiger partial charge in [-0.25, -0.2) is 14.6 Å². The van der Waals surface area contributed by atoms with Crippen LogP contribution < -0.4 is 15.7 Å². The van der Waals surface area contributed by atoms with Gasteiger partial charge in [0.1, 0.15) is 11.6 Å². The number of H-pyrrole nitrogens is 1. The van der Waals surface area contributed by atoms with Gasteiger partial charge in [-0.2, -0.15) is 4.68 Å². The lowest BCUT2D eigenvalue weighted by Crippen LogP contribution is -2.20. The molecule has 4 rings (SSSR count). The number of nitrogens with one attached hydrogen (secondary N) is 2. The van der Waals surface area contributed by atoms with E-state index in [4.69, 9.17) is 4.74 Å². The SMILES string of the molecule is Cc1ccc(-c2cc(OC(=O)Nc3ccnc(=O)[nH]3)cc(-n3nnnc3C(C)C)c2)cc1. The van der Waals surface area contributed by atoms with E-state index in [2.05, 4.69) is 30.8 Å². The number of aryl methyl sites for hydroxylation is 1. The van der Waals surface area contributed by atoms with Crippen LogP contribution in [0.5, 0.6) is 5.75 Å². The van der Waals surface area contributed by atoms with Gasteiger partial charge in [0.25, 0.3) is 0 Å². The third-order valence-electron chi connectivity index (χ3n) is 4.65. The highest BCUT2D eigenvalue weighted by molar-refractivity contribution is 5.85. The van der Waals surface area contributed by atoms with Crippen molar-refractivity contribution in [3.63, 3.8) is 0 Å². The molecule has 0 saturated heterocycles. The van der Waals surface area contributed by atoms with Crippen molar-refractivity contribution < 1.29 is 9.53 Å². The molecule has 2 N–H and O–H groups in total. The second kappa shape index (κ2) is 8.80. The number of carbonyl (C=O) groups is 1. The molecule has 4 aromatic rings. The van der Waals surface area contributed by atoms with Crippen LogP contribution in [0.2, 0.25) is 0 Å². The van der Waals surface area contributed by atoms with Gasteiger partial charge in [0.2, 0.25) is 0 Å². The summed E-state index contributed by atoms with van der Waals surface area (Å²) < 4.78 is 7.13. The second-order valence-corrected chi connectivity index (χ2v) is 7.49. The summed E-state index contributed by atoms with van der Waals surface area (Å²) in [6.07, 6.45) is 0.523. The molecule has 0 saturated carbocycles. The van der Waals surface area contributed by atoms with Gasteiger partial charge in [-0.05, 0) is 46.7 Å². The van der Waals surface area contributed by atoms with Crippen LogP contribution in [0.1, 0.15) is 31.2 Å². The molecule has 10 heteroatoms. The van der Waals surface area contributed by atoms with Crippen LogP contribution in [0.15, 0.2) is 59.5 Å². The molecule has 0 spiro atoms. The molecule has 2 heterocycles. The highest BCUT2D eigenvalue weighted by atomic mass is 16.6. The Morgan fingerprint density at radius 2 is 1.88 bits per heavy atom. The zero-order valence-electron chi connectivity index (χ0n) is 17.7. The van der Waals surface area contributed by atoms with Gasteiger partial charge in [-0.3, -0.25) is 10.3 Å². The van der Waals surface area contributed by atoms with Gasteiger partial charge < -0.3 is 4.74 Å². The van der Waals surface area contributed by atoms with Crippen molar-refractivity contribution in [1.29, 1.82) is 0 Å². The Hall–Kier alpha value is -4.34. The number of hydrogen-bond acceptors (Lipinski definition) is 7. The standard InChI is InChI=1S/C22H21N7O3/c1-13(2)20-26-27-28-29(20)17-10-16(15-6-4-14(3)5-7-15)11-18(12-17)32-22(31)25-19-8-9-23-21(30)24-19/h4-13H,1-3H3,(H2,23,24,25,30,31). The molecule has 10 nitrogen and oxygen atoms in total. The Morgan fingerprint density at radius 3 is 2.59 bits per heavy atom. The number of aromatic nitrogens is 6. The molecular formula is C22H21N7O3. The van der Waals surface area contributed by atoms with Crippen LogP contribution in [0.3, 0.4) is 0 Å². The molecule has 0 radical (unpaired) electrons. The molecule has 0 fully saturated rings. The minimum Gasteiger partial charge on any atom is -0.410 e. The molecule has 0 aliphatic carbocycles. The van der Waals surface area contributed by atoms with E-state index < -0.39 is 11.8 Å². The molecule has 1 amide bonds. The summed E-state index contributed by atoms with van der Waals surface area (Å²) in [6, 6.07) is 14.8. The number of benzene rings is 2. The van der Waals surface area contributed by atoms with Crippen LogP contribution in [-0.4, -0.2) is 36.3 Å². The first-order valence-electron chi connectivity index (χ1n) is 9.94. The number of amides is 1. The predicted octanol–water partition coefficient (Wildman–Crippen LogP) is 3.46. The fourth-order valence-electron chi connectivity index (χ4n) is 3.10. The van der Waals surface area contributed by atoms with Gasteiger partial charge in [0, 0.05) is 18.2 Å². The average Bonchev–Trinajstić information content (AvgIpc) is 3.24. The maximum atomic E-state index is 12.4. The summed E-state index contributed by atoms with van der Waals surface area (Å²) in [7, 11) is 0. The highest BCUT2D eigenvalue weighted by Gasteiger charge is 2.16. The Labute approximate surface area is 183 Å². The minimum absolute atomic E-state index is 0.0872. The van der Waals surface area contributed by atoms with Crippen LogP contribution in [0.4, 0.5) is 10.6 Å². The molecule has 0 bridgehead atoms. The van der Waals surface area contributed by atoms with Gasteiger partial charge in [0.05, 0.1) is 5.69 Å². The molecule has 2 aromatic heterocycles. The summed E-state index contributed by atoms with van der Waals surface area (Å²) in [6.45, 7) is 6.00. The Kier molecular flexibility index (Phi) is 5.75. The van der Waals surface area contributed by atoms with Gasteiger partial charge >= 0.3 is 11.8 Å². The molecule has 0 unspecified atom stereocenters. The van der Waals surface area contributed by atoms with E-state index in [0.717, 1.165) is 16.7 Å². The maximum Gasteiger partial charge on any atom is 0.418 e. The number of rotatable bonds is 5. The van der Waals surface area contributed by atoms with E-state index in [0.29, 0.717) is 11.5 Å². The normalized spacial score (nSPS) is 10.9. The van der Waals surface area contributed by atoms with Gasteiger partial charge in [-0.15, -0.1) is 5.10 Å². The second-order valence-electron chi connectivity index (χ2n) is 7.49. The lowest BCUT2D eigenvalue weighted by Gasteiger charge is -2.13. The molecule has 0 aliphatic heterocycles. The summed E-state index contributed by atoms with van der Waals surface area (Å²) in [4.78, 5) is 29.7. The van der Waals surface area contributed by atoms with Crippen molar-refractivity contribution in [3.8, 4) is 22.6 Å². The fraction of sp³-hybridized carbons (Fsp3) is 0.182. The lowest BCUT2D eigenvalue weighted by molar-refractivity contribution is 0.215. The van der Waals surface area contributed by atoms with Crippen molar-refractivity contribution in [3.05, 3.63) is 76.6 Å². The summed E-state index contributed by atoms with van der Waals surface area (Å²) in [5, 5.41) is 14.5. The summed E-state index contributed by atoms with van der Waals surface area (Å²) in [5.41, 5.74) is 2.98. The lowest BCUT2D eigenvalue weighted by atomic mass is 10.0. The Morgan fingerprint density at radius 1 is 1.09 bits per heavy atom. The highest BCUT2D eigenvalue weighted by Crippen LogP contribution is 2.29. The summed E-state index contributed by atoms with van der Waals surface area (Å²) in [5.74, 6) is 1.23. The molecule has 0 atom stereocenters. The van der Waals surface area contributed by atoms with Crippen molar-refractivity contribution in [2.24, 2.45) is 0 Å². The third kappa shape index (κ3) is 4.69. The van der Waals surface area contributed by atoms with E-state index >= 15 is 0 Å². The first kappa shape index (κ1) is 20.9. The monoisotopic (exact) mass is 431 g/mol. The maximum absolute atomic E-state index is 12.4. The van der Waals surface area contributed by atoms with Crippen molar-refractivity contribution >= 4 is 11.9 Å². The van der Waals surface area contributed by atoms with Gasteiger partial charge in [-0.1, -0.05) is 43.7 Å². The molecule has 162 valence electrons. The molecule has 0 aliphatic rings. The van der Waals surface area contributed by atoms with Crippen LogP contribution >= 0.6 is 0 Å². The van der Waals surface area contributed by atoms with E-state index in [1.807, 2.05) is 51.1 Å². The quantitative estimate of drug-likeness (QED) is 0.495. The van der Waals surface area contributed by atoms with E-state index in [-0.39, 0.29) is 17.5 Å². The summed E-state index contributed by atoms with van der Waals surface area (Å²) >= 11 is 0. The van der Waals surface area contributed by atoms with E-state index in [1.54, 1.807) is 16.8 Å². The molecular weight excluding hydrogens is 410 g/mol. The first-order chi connectivity index (χ1) is 15.4. The number of carbonyl (C=O) groups excluding carboxylic acids is 1. The number of tetrazole rings is 1. The molecule has 32 heavy (non-hydrogen) atoms. The largest absolute Gasteiger partial charge is 0.418 e. The molecule has 2 aromatic carbocycles. The van der Waals surface area contributed by atoms with Crippen LogP contribution in [0.25, 0.3) is 16.8 Å². The number of nitrogens with zero attached hydrogens (tertiary/aromatic N) is 5.